The van der Waals surface area contributed by atoms with Crippen molar-refractivity contribution >= 4 is 28.3 Å². The Labute approximate surface area is 227 Å². The Morgan fingerprint density at radius 3 is 2.46 bits per heavy atom. The van der Waals surface area contributed by atoms with E-state index in [2.05, 4.69) is 44.9 Å². The second-order valence-corrected chi connectivity index (χ2v) is 9.80. The Balaban J connectivity index is 1.38. The number of aromatic amines is 1. The first-order valence-electron chi connectivity index (χ1n) is 13.2. The molecule has 0 aliphatic carbocycles. The normalized spacial score (nSPS) is 14.2. The van der Waals surface area contributed by atoms with Gasteiger partial charge in [-0.2, -0.15) is 0 Å². The number of aromatic nitrogens is 2. The third-order valence-electron chi connectivity index (χ3n) is 7.27. The molecule has 7 heteroatoms. The van der Waals surface area contributed by atoms with Crippen molar-refractivity contribution in [3.8, 4) is 11.6 Å². The summed E-state index contributed by atoms with van der Waals surface area (Å²) in [5.74, 6) is -0.444. The predicted molar refractivity (Wildman–Crippen MR) is 153 cm³/mol. The molecule has 39 heavy (non-hydrogen) atoms. The maximum absolute atomic E-state index is 12.0. The van der Waals surface area contributed by atoms with Crippen molar-refractivity contribution in [1.29, 1.82) is 0 Å². The number of ether oxygens (including phenoxy) is 1. The fourth-order valence-corrected chi connectivity index (χ4v) is 5.31. The van der Waals surface area contributed by atoms with Crippen LogP contribution < -0.4 is 0 Å². The minimum Gasteiger partial charge on any atom is -0.494 e. The number of fused-ring (bicyclic) bond motifs is 1. The van der Waals surface area contributed by atoms with Crippen LogP contribution in [0.2, 0.25) is 0 Å². The molecule has 0 atom stereocenters. The summed E-state index contributed by atoms with van der Waals surface area (Å²) in [5.41, 5.74) is 6.23. The Kier molecular flexibility index (Phi) is 6.73. The molecule has 0 unspecified atom stereocenters. The highest BCUT2D eigenvalue weighted by Crippen LogP contribution is 2.32. The number of benzene rings is 3. The topological polar surface area (TPSA) is 82.8 Å². The van der Waals surface area contributed by atoms with Gasteiger partial charge < -0.3 is 19.4 Å². The molecule has 3 aromatic carbocycles. The molecule has 6 rings (SSSR count). The molecule has 1 saturated heterocycles. The lowest BCUT2D eigenvalue weighted by Gasteiger charge is -2.17. The maximum atomic E-state index is 12.0. The van der Waals surface area contributed by atoms with E-state index in [1.54, 1.807) is 12.1 Å². The lowest BCUT2D eigenvalue weighted by molar-refractivity contribution is 0.0601. The summed E-state index contributed by atoms with van der Waals surface area (Å²) in [6.45, 7) is 3.26. The van der Waals surface area contributed by atoms with Gasteiger partial charge in [0.15, 0.2) is 5.88 Å². The zero-order valence-corrected chi connectivity index (χ0v) is 21.8. The van der Waals surface area contributed by atoms with Crippen LogP contribution in [0.5, 0.6) is 5.88 Å². The van der Waals surface area contributed by atoms with Gasteiger partial charge in [-0.05, 0) is 74.5 Å². The zero-order valence-electron chi connectivity index (χ0n) is 21.8. The number of aliphatic imine (C=N–C) groups is 1. The number of likely N-dealkylation sites (tertiary alicyclic amines) is 1. The Bertz CT molecular complexity index is 1640. The fraction of sp³-hybridized carbons (Fsp3) is 0.188. The molecule has 7 nitrogen and oxygen atoms in total. The average Bonchev–Trinajstić information content (AvgIpc) is 3.72. The van der Waals surface area contributed by atoms with Crippen LogP contribution in [-0.4, -0.2) is 51.4 Å². The van der Waals surface area contributed by atoms with E-state index in [0.717, 1.165) is 42.0 Å². The lowest BCUT2D eigenvalue weighted by Crippen LogP contribution is -2.20. The molecule has 196 valence electrons. The van der Waals surface area contributed by atoms with Crippen LogP contribution in [0.3, 0.4) is 0 Å². The minimum absolute atomic E-state index is 0.00913. The van der Waals surface area contributed by atoms with Crippen molar-refractivity contribution in [2.24, 2.45) is 4.99 Å². The van der Waals surface area contributed by atoms with Gasteiger partial charge in [-0.1, -0.05) is 36.4 Å². The highest BCUT2D eigenvalue weighted by Gasteiger charge is 2.20. The Morgan fingerprint density at radius 1 is 0.949 bits per heavy atom. The predicted octanol–water partition coefficient (Wildman–Crippen LogP) is 6.22. The number of nitrogens with one attached hydrogen (secondary N) is 1. The first kappa shape index (κ1) is 24.7. The van der Waals surface area contributed by atoms with Crippen molar-refractivity contribution in [2.45, 2.75) is 19.4 Å². The molecule has 2 aromatic heterocycles. The summed E-state index contributed by atoms with van der Waals surface area (Å²) < 4.78 is 7.08. The highest BCUT2D eigenvalue weighted by molar-refractivity contribution is 6.22. The van der Waals surface area contributed by atoms with Gasteiger partial charge in [0.2, 0.25) is 0 Å². The van der Waals surface area contributed by atoms with Crippen LogP contribution in [0, 0.1) is 0 Å². The van der Waals surface area contributed by atoms with Crippen molar-refractivity contribution in [2.75, 3.05) is 20.2 Å². The molecule has 0 spiro atoms. The largest absolute Gasteiger partial charge is 0.494 e. The minimum atomic E-state index is -0.434. The van der Waals surface area contributed by atoms with Gasteiger partial charge in [0.1, 0.15) is 0 Å². The van der Waals surface area contributed by atoms with Crippen LogP contribution in [0.4, 0.5) is 5.69 Å². The molecule has 1 fully saturated rings. The number of aromatic hydroxyl groups is 1. The van der Waals surface area contributed by atoms with E-state index >= 15 is 0 Å². The molecule has 0 saturated carbocycles. The van der Waals surface area contributed by atoms with Gasteiger partial charge in [0.05, 0.1) is 29.6 Å². The van der Waals surface area contributed by atoms with E-state index in [1.165, 1.54) is 25.6 Å². The van der Waals surface area contributed by atoms with Crippen LogP contribution in [0.25, 0.3) is 16.6 Å². The van der Waals surface area contributed by atoms with Gasteiger partial charge in [-0.25, -0.2) is 9.79 Å². The molecule has 0 amide bonds. The van der Waals surface area contributed by atoms with E-state index in [0.29, 0.717) is 22.4 Å². The summed E-state index contributed by atoms with van der Waals surface area (Å²) in [7, 11) is 1.35. The van der Waals surface area contributed by atoms with Gasteiger partial charge in [-0.3, -0.25) is 4.90 Å². The second kappa shape index (κ2) is 10.6. The molecule has 1 aliphatic heterocycles. The molecular formula is C32H30N4O3. The number of hydrogen-bond donors (Lipinski definition) is 2. The monoisotopic (exact) mass is 518 g/mol. The van der Waals surface area contributed by atoms with Crippen molar-refractivity contribution < 1.29 is 14.6 Å². The SMILES string of the molecule is COC(=O)c1ccc2c(C(=Nc3ccc(-n4cccc4CN4CCCC4)cc3)c3ccccc3)c(O)[nH]c2c1. The molecule has 0 bridgehead atoms. The highest BCUT2D eigenvalue weighted by atomic mass is 16.5. The molecule has 1 aliphatic rings. The average molecular weight is 519 g/mol. The summed E-state index contributed by atoms with van der Waals surface area (Å²) in [5, 5.41) is 11.7. The van der Waals surface area contributed by atoms with Crippen molar-refractivity contribution in [3.63, 3.8) is 0 Å². The smallest absolute Gasteiger partial charge is 0.337 e. The number of carbonyl (C=O) groups excluding carboxylic acids is 1. The van der Waals surface area contributed by atoms with Crippen LogP contribution in [0.1, 0.15) is 40.0 Å². The van der Waals surface area contributed by atoms with Gasteiger partial charge in [-0.15, -0.1) is 0 Å². The zero-order chi connectivity index (χ0) is 26.8. The van der Waals surface area contributed by atoms with Gasteiger partial charge in [0, 0.05) is 40.6 Å². The second-order valence-electron chi connectivity index (χ2n) is 9.80. The third-order valence-corrected chi connectivity index (χ3v) is 7.27. The first-order chi connectivity index (χ1) is 19.1. The molecule has 2 N–H and O–H groups in total. The number of H-pyrrole nitrogens is 1. The van der Waals surface area contributed by atoms with Crippen LogP contribution >= 0.6 is 0 Å². The van der Waals surface area contributed by atoms with Crippen molar-refractivity contribution in [1.82, 2.24) is 14.5 Å². The van der Waals surface area contributed by atoms with E-state index in [9.17, 15) is 9.90 Å². The van der Waals surface area contributed by atoms with Crippen LogP contribution in [0.15, 0.2) is 96.1 Å². The van der Waals surface area contributed by atoms with E-state index in [-0.39, 0.29) is 5.88 Å². The number of esters is 1. The van der Waals surface area contributed by atoms with Gasteiger partial charge >= 0.3 is 5.97 Å². The quantitative estimate of drug-likeness (QED) is 0.198. The van der Waals surface area contributed by atoms with E-state index in [1.807, 2.05) is 48.5 Å². The summed E-state index contributed by atoms with van der Waals surface area (Å²) in [4.78, 5) is 22.6. The summed E-state index contributed by atoms with van der Waals surface area (Å²) in [6.07, 6.45) is 4.65. The fourth-order valence-electron chi connectivity index (χ4n) is 5.31. The molecule has 5 aromatic rings. The number of carbonyl (C=O) groups is 1. The van der Waals surface area contributed by atoms with Gasteiger partial charge in [0.25, 0.3) is 0 Å². The van der Waals surface area contributed by atoms with Crippen LogP contribution in [-0.2, 0) is 11.3 Å². The van der Waals surface area contributed by atoms with Crippen molar-refractivity contribution in [3.05, 3.63) is 114 Å². The number of hydrogen-bond acceptors (Lipinski definition) is 5. The molecule has 3 heterocycles. The Hall–Kier alpha value is -4.62. The summed E-state index contributed by atoms with van der Waals surface area (Å²) in [6, 6.07) is 27.4. The Morgan fingerprint density at radius 2 is 1.72 bits per heavy atom. The molecule has 0 radical (unpaired) electrons. The standard InChI is InChI=1S/C32H30N4O3/c1-39-32(38)23-11-16-27-28(20-23)34-31(37)29(27)30(22-8-3-2-4-9-22)33-24-12-14-25(15-13-24)36-19-7-10-26(36)21-35-17-5-6-18-35/h2-4,7-16,19-20,34,37H,5-6,17-18,21H2,1H3. The lowest BCUT2D eigenvalue weighted by atomic mass is 10.00. The third kappa shape index (κ3) is 4.96. The first-order valence-corrected chi connectivity index (χ1v) is 13.2. The number of rotatable bonds is 7. The number of nitrogens with zero attached hydrogens (tertiary/aromatic N) is 3. The maximum Gasteiger partial charge on any atom is 0.337 e. The number of methoxy groups -OCH3 is 1. The summed E-state index contributed by atoms with van der Waals surface area (Å²) >= 11 is 0. The molecular weight excluding hydrogens is 488 g/mol. The van der Waals surface area contributed by atoms with E-state index in [4.69, 9.17) is 9.73 Å². The van der Waals surface area contributed by atoms with E-state index < -0.39 is 5.97 Å².